The van der Waals surface area contributed by atoms with Crippen LogP contribution >= 0.6 is 15.9 Å². The van der Waals surface area contributed by atoms with E-state index in [2.05, 4.69) is 33.2 Å². The molecule has 0 bridgehead atoms. The Hall–Kier alpha value is -0.900. The van der Waals surface area contributed by atoms with E-state index in [1.807, 2.05) is 13.0 Å². The molecule has 1 aromatic heterocycles. The van der Waals surface area contributed by atoms with Crippen LogP contribution in [0.2, 0.25) is 0 Å². The van der Waals surface area contributed by atoms with Crippen molar-refractivity contribution in [3.05, 3.63) is 29.6 Å². The van der Waals surface area contributed by atoms with E-state index in [4.69, 9.17) is 0 Å². The SMILES string of the molecule is CCC(CCBr)CNC(=O)c1cccnc1C. The van der Waals surface area contributed by atoms with Gasteiger partial charge in [-0.2, -0.15) is 0 Å². The normalized spacial score (nSPS) is 12.2. The second kappa shape index (κ2) is 7.43. The van der Waals surface area contributed by atoms with Crippen molar-refractivity contribution in [2.45, 2.75) is 26.7 Å². The highest BCUT2D eigenvalue weighted by molar-refractivity contribution is 9.09. The van der Waals surface area contributed by atoms with Crippen molar-refractivity contribution in [2.24, 2.45) is 5.92 Å². The number of nitrogens with one attached hydrogen (secondary N) is 1. The van der Waals surface area contributed by atoms with Gasteiger partial charge in [-0.15, -0.1) is 0 Å². The van der Waals surface area contributed by atoms with Crippen LogP contribution in [-0.2, 0) is 0 Å². The number of carbonyl (C=O) groups is 1. The van der Waals surface area contributed by atoms with Gasteiger partial charge < -0.3 is 5.32 Å². The highest BCUT2D eigenvalue weighted by Crippen LogP contribution is 2.09. The van der Waals surface area contributed by atoms with Crippen LogP contribution in [0.3, 0.4) is 0 Å². The first-order valence-electron chi connectivity index (χ1n) is 5.94. The Balaban J connectivity index is 2.52. The van der Waals surface area contributed by atoms with Crippen molar-refractivity contribution in [1.29, 1.82) is 0 Å². The van der Waals surface area contributed by atoms with Crippen molar-refractivity contribution < 1.29 is 4.79 Å². The van der Waals surface area contributed by atoms with Gasteiger partial charge in [0.25, 0.3) is 5.91 Å². The van der Waals surface area contributed by atoms with E-state index in [1.165, 1.54) is 0 Å². The van der Waals surface area contributed by atoms with E-state index in [0.29, 0.717) is 11.5 Å². The highest BCUT2D eigenvalue weighted by atomic mass is 79.9. The van der Waals surface area contributed by atoms with Gasteiger partial charge in [-0.3, -0.25) is 9.78 Å². The molecule has 1 unspecified atom stereocenters. The van der Waals surface area contributed by atoms with Gasteiger partial charge in [-0.25, -0.2) is 0 Å². The summed E-state index contributed by atoms with van der Waals surface area (Å²) in [5.41, 5.74) is 1.44. The monoisotopic (exact) mass is 298 g/mol. The van der Waals surface area contributed by atoms with Crippen molar-refractivity contribution in [2.75, 3.05) is 11.9 Å². The Morgan fingerprint density at radius 2 is 2.35 bits per heavy atom. The summed E-state index contributed by atoms with van der Waals surface area (Å²) in [7, 11) is 0. The standard InChI is InChI=1S/C13H19BrN2O/c1-3-11(6-7-14)9-16-13(17)12-5-4-8-15-10(12)2/h4-5,8,11H,3,6-7,9H2,1-2H3,(H,16,17). The van der Waals surface area contributed by atoms with Gasteiger partial charge in [-0.1, -0.05) is 29.3 Å². The Kier molecular flexibility index (Phi) is 6.19. The molecule has 1 rings (SSSR count). The van der Waals surface area contributed by atoms with Crippen molar-refractivity contribution in [3.8, 4) is 0 Å². The molecular weight excluding hydrogens is 280 g/mol. The summed E-state index contributed by atoms with van der Waals surface area (Å²) in [6.45, 7) is 4.73. The van der Waals surface area contributed by atoms with Crippen molar-refractivity contribution in [1.82, 2.24) is 10.3 Å². The number of hydrogen-bond acceptors (Lipinski definition) is 2. The molecule has 94 valence electrons. The minimum atomic E-state index is -0.0244. The zero-order valence-electron chi connectivity index (χ0n) is 10.4. The van der Waals surface area contributed by atoms with E-state index in [-0.39, 0.29) is 5.91 Å². The molecule has 3 nitrogen and oxygen atoms in total. The third-order valence-electron chi connectivity index (χ3n) is 2.90. The maximum atomic E-state index is 11.9. The molecule has 1 N–H and O–H groups in total. The lowest BCUT2D eigenvalue weighted by Crippen LogP contribution is -2.30. The maximum absolute atomic E-state index is 11.9. The molecule has 1 aromatic rings. The highest BCUT2D eigenvalue weighted by Gasteiger charge is 2.11. The van der Waals surface area contributed by atoms with E-state index < -0.39 is 0 Å². The van der Waals surface area contributed by atoms with Gasteiger partial charge in [0.2, 0.25) is 0 Å². The lowest BCUT2D eigenvalue weighted by Gasteiger charge is -2.14. The average molecular weight is 299 g/mol. The van der Waals surface area contributed by atoms with Crippen LogP contribution in [0, 0.1) is 12.8 Å². The van der Waals surface area contributed by atoms with E-state index >= 15 is 0 Å². The van der Waals surface area contributed by atoms with E-state index in [0.717, 1.165) is 30.4 Å². The number of pyridine rings is 1. The first-order chi connectivity index (χ1) is 8.19. The third kappa shape index (κ3) is 4.46. The molecule has 0 aliphatic heterocycles. The quantitative estimate of drug-likeness (QED) is 0.821. The fourth-order valence-electron chi connectivity index (χ4n) is 1.66. The molecule has 1 amide bonds. The van der Waals surface area contributed by atoms with Crippen LogP contribution in [0.4, 0.5) is 0 Å². The topological polar surface area (TPSA) is 42.0 Å². The van der Waals surface area contributed by atoms with Crippen molar-refractivity contribution in [3.63, 3.8) is 0 Å². The largest absolute Gasteiger partial charge is 0.352 e. The van der Waals surface area contributed by atoms with Gasteiger partial charge in [-0.05, 0) is 31.4 Å². The van der Waals surface area contributed by atoms with E-state index in [1.54, 1.807) is 12.3 Å². The van der Waals surface area contributed by atoms with Crippen LogP contribution in [-0.4, -0.2) is 22.8 Å². The molecule has 0 fully saturated rings. The zero-order chi connectivity index (χ0) is 12.7. The molecule has 17 heavy (non-hydrogen) atoms. The Morgan fingerprint density at radius 1 is 1.59 bits per heavy atom. The molecule has 0 aliphatic carbocycles. The summed E-state index contributed by atoms with van der Waals surface area (Å²) in [6, 6.07) is 3.60. The van der Waals surface area contributed by atoms with Crippen LogP contribution in [0.25, 0.3) is 0 Å². The van der Waals surface area contributed by atoms with Gasteiger partial charge in [0.1, 0.15) is 0 Å². The van der Waals surface area contributed by atoms with Crippen molar-refractivity contribution >= 4 is 21.8 Å². The second-order valence-corrected chi connectivity index (χ2v) is 4.89. The summed E-state index contributed by atoms with van der Waals surface area (Å²) in [5, 5.41) is 3.96. The fourth-order valence-corrected chi connectivity index (χ4v) is 2.31. The molecule has 0 aromatic carbocycles. The minimum Gasteiger partial charge on any atom is -0.352 e. The fraction of sp³-hybridized carbons (Fsp3) is 0.538. The Labute approximate surface area is 111 Å². The zero-order valence-corrected chi connectivity index (χ0v) is 12.0. The molecule has 0 radical (unpaired) electrons. The maximum Gasteiger partial charge on any atom is 0.253 e. The number of aryl methyl sites for hydroxylation is 1. The third-order valence-corrected chi connectivity index (χ3v) is 3.36. The number of aromatic nitrogens is 1. The summed E-state index contributed by atoms with van der Waals surface area (Å²) in [4.78, 5) is 16.0. The summed E-state index contributed by atoms with van der Waals surface area (Å²) < 4.78 is 0. The van der Waals surface area contributed by atoms with E-state index in [9.17, 15) is 4.79 Å². The predicted octanol–water partition coefficient (Wildman–Crippen LogP) is 2.93. The van der Waals surface area contributed by atoms with Crippen LogP contribution < -0.4 is 5.32 Å². The number of alkyl halides is 1. The summed E-state index contributed by atoms with van der Waals surface area (Å²) in [5.74, 6) is 0.513. The number of hydrogen-bond donors (Lipinski definition) is 1. The molecule has 1 atom stereocenters. The molecule has 0 spiro atoms. The van der Waals surface area contributed by atoms with Gasteiger partial charge in [0.15, 0.2) is 0 Å². The van der Waals surface area contributed by atoms with Crippen LogP contribution in [0.1, 0.15) is 35.8 Å². The molecular formula is C13H19BrN2O. The lowest BCUT2D eigenvalue weighted by atomic mass is 10.0. The first kappa shape index (κ1) is 14.2. The predicted molar refractivity (Wildman–Crippen MR) is 73.5 cm³/mol. The molecule has 0 aliphatic rings. The minimum absolute atomic E-state index is 0.0244. The van der Waals surface area contributed by atoms with Gasteiger partial charge in [0.05, 0.1) is 5.56 Å². The average Bonchev–Trinajstić information content (AvgIpc) is 2.34. The summed E-state index contributed by atoms with van der Waals surface area (Å²) >= 11 is 3.43. The van der Waals surface area contributed by atoms with Crippen LogP contribution in [0.15, 0.2) is 18.3 Å². The molecule has 4 heteroatoms. The van der Waals surface area contributed by atoms with Gasteiger partial charge in [0, 0.05) is 23.8 Å². The summed E-state index contributed by atoms with van der Waals surface area (Å²) in [6.07, 6.45) is 3.87. The smallest absolute Gasteiger partial charge is 0.253 e. The molecule has 0 saturated heterocycles. The molecule has 1 heterocycles. The first-order valence-corrected chi connectivity index (χ1v) is 7.07. The van der Waals surface area contributed by atoms with Gasteiger partial charge >= 0.3 is 0 Å². The number of carbonyl (C=O) groups excluding carboxylic acids is 1. The number of halogens is 1. The number of nitrogens with zero attached hydrogens (tertiary/aromatic N) is 1. The Morgan fingerprint density at radius 3 is 2.94 bits per heavy atom. The molecule has 0 saturated carbocycles. The number of rotatable bonds is 6. The number of amides is 1. The lowest BCUT2D eigenvalue weighted by molar-refractivity contribution is 0.0945. The second-order valence-electron chi connectivity index (χ2n) is 4.10. The van der Waals surface area contributed by atoms with Crippen LogP contribution in [0.5, 0.6) is 0 Å². The Bertz CT molecular complexity index is 368.